The zero-order chi connectivity index (χ0) is 24.3. The molecule has 8 nitrogen and oxygen atoms in total. The van der Waals surface area contributed by atoms with Crippen molar-refractivity contribution >= 4 is 23.0 Å². The number of rotatable bonds is 8. The van der Waals surface area contributed by atoms with Gasteiger partial charge in [0.05, 0.1) is 12.6 Å². The maximum atomic E-state index is 12.8. The summed E-state index contributed by atoms with van der Waals surface area (Å²) in [5, 5.41) is 6.75. The number of carbonyl (C=O) groups excluding carboxylic acids is 2. The SMILES string of the molecule is Cc1ccc(-c2noc(CCC(=O)CCC(F)(F)F)n2)cc1NC(=O)c1cnc2ccccn12. The van der Waals surface area contributed by atoms with E-state index in [9.17, 15) is 22.8 Å². The summed E-state index contributed by atoms with van der Waals surface area (Å²) < 4.78 is 43.5. The molecule has 0 saturated heterocycles. The van der Waals surface area contributed by atoms with Crippen LogP contribution in [0.25, 0.3) is 17.0 Å². The molecular formula is C23H20F3N5O3. The van der Waals surface area contributed by atoms with Crippen LogP contribution in [-0.2, 0) is 11.2 Å². The molecule has 3 aromatic heterocycles. The summed E-state index contributed by atoms with van der Waals surface area (Å²) in [7, 11) is 0. The minimum absolute atomic E-state index is 0.0490. The van der Waals surface area contributed by atoms with Crippen molar-refractivity contribution in [2.24, 2.45) is 0 Å². The highest BCUT2D eigenvalue weighted by molar-refractivity contribution is 6.04. The van der Waals surface area contributed by atoms with Crippen LogP contribution in [0.5, 0.6) is 0 Å². The molecule has 3 heterocycles. The van der Waals surface area contributed by atoms with Gasteiger partial charge in [-0.1, -0.05) is 23.4 Å². The number of alkyl halides is 3. The van der Waals surface area contributed by atoms with Crippen LogP contribution in [0, 0.1) is 6.92 Å². The van der Waals surface area contributed by atoms with E-state index in [0.717, 1.165) is 5.56 Å². The summed E-state index contributed by atoms with van der Waals surface area (Å²) >= 11 is 0. The molecule has 0 unspecified atom stereocenters. The zero-order valence-corrected chi connectivity index (χ0v) is 18.1. The van der Waals surface area contributed by atoms with E-state index in [1.54, 1.807) is 40.9 Å². The summed E-state index contributed by atoms with van der Waals surface area (Å²) in [4.78, 5) is 32.9. The van der Waals surface area contributed by atoms with E-state index in [1.807, 2.05) is 13.0 Å². The first-order chi connectivity index (χ1) is 16.2. The number of Topliss-reactive ketones (excluding diaryl/α,β-unsaturated/α-hetero) is 1. The number of nitrogens with zero attached hydrogens (tertiary/aromatic N) is 4. The molecule has 0 bridgehead atoms. The number of imidazole rings is 1. The number of anilines is 1. The highest BCUT2D eigenvalue weighted by Crippen LogP contribution is 2.25. The number of halogens is 3. The summed E-state index contributed by atoms with van der Waals surface area (Å²) in [6.45, 7) is 1.84. The molecule has 0 aliphatic carbocycles. The van der Waals surface area contributed by atoms with Crippen molar-refractivity contribution in [1.82, 2.24) is 19.5 Å². The number of aryl methyl sites for hydroxylation is 2. The third-order valence-corrected chi connectivity index (χ3v) is 5.17. The zero-order valence-electron chi connectivity index (χ0n) is 18.1. The van der Waals surface area contributed by atoms with E-state index in [-0.39, 0.29) is 30.5 Å². The number of carbonyl (C=O) groups is 2. The van der Waals surface area contributed by atoms with Gasteiger partial charge in [0.2, 0.25) is 11.7 Å². The number of fused-ring (bicyclic) bond motifs is 1. The van der Waals surface area contributed by atoms with Crippen molar-refractivity contribution in [2.75, 3.05) is 5.32 Å². The lowest BCUT2D eigenvalue weighted by molar-refractivity contribution is -0.143. The van der Waals surface area contributed by atoms with E-state index in [0.29, 0.717) is 22.6 Å². The molecule has 0 spiro atoms. The van der Waals surface area contributed by atoms with Crippen molar-refractivity contribution in [2.45, 2.75) is 38.8 Å². The van der Waals surface area contributed by atoms with Gasteiger partial charge in [-0.05, 0) is 30.7 Å². The molecule has 1 aromatic carbocycles. The first-order valence-electron chi connectivity index (χ1n) is 10.4. The number of pyridine rings is 1. The Morgan fingerprint density at radius 2 is 1.97 bits per heavy atom. The molecule has 176 valence electrons. The van der Waals surface area contributed by atoms with Crippen LogP contribution in [0.3, 0.4) is 0 Å². The highest BCUT2D eigenvalue weighted by Gasteiger charge is 2.27. The molecule has 1 N–H and O–H groups in total. The third-order valence-electron chi connectivity index (χ3n) is 5.17. The van der Waals surface area contributed by atoms with Crippen molar-refractivity contribution in [3.8, 4) is 11.4 Å². The monoisotopic (exact) mass is 471 g/mol. The molecule has 4 rings (SSSR count). The fourth-order valence-corrected chi connectivity index (χ4v) is 3.31. The molecule has 0 saturated carbocycles. The average Bonchev–Trinajstić information content (AvgIpc) is 3.44. The normalized spacial score (nSPS) is 11.6. The number of hydrogen-bond acceptors (Lipinski definition) is 6. The topological polar surface area (TPSA) is 102 Å². The second kappa shape index (κ2) is 9.46. The molecule has 0 aliphatic rings. The molecule has 1 amide bonds. The molecule has 0 radical (unpaired) electrons. The lowest BCUT2D eigenvalue weighted by Gasteiger charge is -2.09. The Hall–Kier alpha value is -4.02. The van der Waals surface area contributed by atoms with Gasteiger partial charge in [-0.15, -0.1) is 0 Å². The number of aromatic nitrogens is 4. The lowest BCUT2D eigenvalue weighted by atomic mass is 10.1. The number of ketones is 1. The number of nitrogens with one attached hydrogen (secondary N) is 1. The smallest absolute Gasteiger partial charge is 0.339 e. The fourth-order valence-electron chi connectivity index (χ4n) is 3.31. The minimum atomic E-state index is -4.36. The van der Waals surface area contributed by atoms with Crippen LogP contribution in [0.1, 0.15) is 41.2 Å². The molecule has 4 aromatic rings. The maximum absolute atomic E-state index is 12.8. The Balaban J connectivity index is 1.44. The highest BCUT2D eigenvalue weighted by atomic mass is 19.4. The van der Waals surface area contributed by atoms with Crippen molar-refractivity contribution in [1.29, 1.82) is 0 Å². The maximum Gasteiger partial charge on any atom is 0.389 e. The minimum Gasteiger partial charge on any atom is -0.339 e. The van der Waals surface area contributed by atoms with Crippen LogP contribution in [0.2, 0.25) is 0 Å². The third kappa shape index (κ3) is 5.48. The van der Waals surface area contributed by atoms with E-state index < -0.39 is 24.8 Å². The number of hydrogen-bond donors (Lipinski definition) is 1. The van der Waals surface area contributed by atoms with Gasteiger partial charge in [0.1, 0.15) is 17.1 Å². The van der Waals surface area contributed by atoms with Gasteiger partial charge in [0, 0.05) is 36.7 Å². The van der Waals surface area contributed by atoms with Gasteiger partial charge in [-0.2, -0.15) is 18.2 Å². The Kier molecular flexibility index (Phi) is 6.44. The quantitative estimate of drug-likeness (QED) is 0.397. The van der Waals surface area contributed by atoms with Gasteiger partial charge >= 0.3 is 6.18 Å². The fraction of sp³-hybridized carbons (Fsp3) is 0.261. The van der Waals surface area contributed by atoms with Gasteiger partial charge in [-0.3, -0.25) is 14.0 Å². The largest absolute Gasteiger partial charge is 0.389 e. The van der Waals surface area contributed by atoms with Crippen LogP contribution in [0.4, 0.5) is 18.9 Å². The van der Waals surface area contributed by atoms with Gasteiger partial charge in [0.25, 0.3) is 5.91 Å². The summed E-state index contributed by atoms with van der Waals surface area (Å²) in [6, 6.07) is 10.7. The van der Waals surface area contributed by atoms with E-state index in [1.165, 1.54) is 6.20 Å². The van der Waals surface area contributed by atoms with Crippen LogP contribution >= 0.6 is 0 Å². The van der Waals surface area contributed by atoms with E-state index in [4.69, 9.17) is 4.52 Å². The van der Waals surface area contributed by atoms with E-state index in [2.05, 4.69) is 20.4 Å². The molecular weight excluding hydrogens is 451 g/mol. The summed E-state index contributed by atoms with van der Waals surface area (Å²) in [5.41, 5.74) is 2.94. The van der Waals surface area contributed by atoms with Gasteiger partial charge in [-0.25, -0.2) is 4.98 Å². The number of benzene rings is 1. The molecule has 11 heteroatoms. The van der Waals surface area contributed by atoms with Crippen LogP contribution < -0.4 is 5.32 Å². The first kappa shape index (κ1) is 23.1. The molecule has 0 fully saturated rings. The van der Waals surface area contributed by atoms with Crippen molar-refractivity contribution < 1.29 is 27.3 Å². The Morgan fingerprint density at radius 1 is 1.15 bits per heavy atom. The first-order valence-corrected chi connectivity index (χ1v) is 10.4. The van der Waals surface area contributed by atoms with Crippen LogP contribution in [0.15, 0.2) is 53.3 Å². The molecule has 0 aliphatic heterocycles. The van der Waals surface area contributed by atoms with Gasteiger partial charge < -0.3 is 9.84 Å². The Labute approximate surface area is 191 Å². The number of amides is 1. The molecule has 0 atom stereocenters. The summed E-state index contributed by atoms with van der Waals surface area (Å²) in [5.74, 6) is -0.481. The van der Waals surface area contributed by atoms with Crippen LogP contribution in [-0.4, -0.2) is 37.4 Å². The molecule has 34 heavy (non-hydrogen) atoms. The predicted octanol–water partition coefficient (Wildman–Crippen LogP) is 4.79. The predicted molar refractivity (Wildman–Crippen MR) is 116 cm³/mol. The summed E-state index contributed by atoms with van der Waals surface area (Å²) in [6.07, 6.45) is -2.91. The van der Waals surface area contributed by atoms with Crippen molar-refractivity contribution in [3.05, 3.63) is 65.9 Å². The Bertz CT molecular complexity index is 1340. The lowest BCUT2D eigenvalue weighted by Crippen LogP contribution is -2.15. The standard InChI is InChI=1S/C23H20F3N5O3/c1-14-5-6-15(21-29-20(34-30-21)8-7-16(32)9-10-23(24,25)26)12-17(14)28-22(33)18-13-27-19-4-2-3-11-31(18)19/h2-6,11-13H,7-10H2,1H3,(H,28,33). The van der Waals surface area contributed by atoms with Gasteiger partial charge in [0.15, 0.2) is 0 Å². The van der Waals surface area contributed by atoms with E-state index >= 15 is 0 Å². The van der Waals surface area contributed by atoms with Crippen molar-refractivity contribution in [3.63, 3.8) is 0 Å². The Morgan fingerprint density at radius 3 is 2.76 bits per heavy atom. The second-order valence-corrected chi connectivity index (χ2v) is 7.72. The second-order valence-electron chi connectivity index (χ2n) is 7.72. The average molecular weight is 471 g/mol.